The summed E-state index contributed by atoms with van der Waals surface area (Å²) >= 11 is 6.66. The highest BCUT2D eigenvalue weighted by Gasteiger charge is 2.15. The van der Waals surface area contributed by atoms with Crippen LogP contribution in [0, 0.1) is 20.8 Å². The minimum atomic E-state index is -0.206. The minimum Gasteiger partial charge on any atom is -0.496 e. The molecule has 0 N–H and O–H groups in total. The van der Waals surface area contributed by atoms with E-state index in [1.165, 1.54) is 0 Å². The normalized spacial score (nSPS) is 12.1. The first-order valence-corrected chi connectivity index (χ1v) is 7.35. The molecule has 0 aliphatic heterocycles. The highest BCUT2D eigenvalue weighted by molar-refractivity contribution is 6.22. The Balaban J connectivity index is 2.42. The molecular weight excluding hydrogens is 284 g/mol. The summed E-state index contributed by atoms with van der Waals surface area (Å²) in [6.45, 7) is 6.09. The van der Waals surface area contributed by atoms with Gasteiger partial charge in [-0.1, -0.05) is 24.3 Å². The lowest BCUT2D eigenvalue weighted by atomic mass is 9.98. The SMILES string of the molecule is COc1cc(C(Cl)c2cc(C)c(OC)c(C)c2)ccc1C. The number of rotatable bonds is 4. The van der Waals surface area contributed by atoms with Crippen molar-refractivity contribution in [2.45, 2.75) is 26.1 Å². The fourth-order valence-electron chi connectivity index (χ4n) is 2.64. The van der Waals surface area contributed by atoms with E-state index in [4.69, 9.17) is 21.1 Å². The fourth-order valence-corrected chi connectivity index (χ4v) is 2.90. The highest BCUT2D eigenvalue weighted by Crippen LogP contribution is 2.35. The third-order valence-corrected chi connectivity index (χ3v) is 4.21. The Labute approximate surface area is 131 Å². The summed E-state index contributed by atoms with van der Waals surface area (Å²) in [5.74, 6) is 1.78. The third kappa shape index (κ3) is 3.16. The van der Waals surface area contributed by atoms with Gasteiger partial charge in [-0.25, -0.2) is 0 Å². The Morgan fingerprint density at radius 2 is 1.43 bits per heavy atom. The number of alkyl halides is 1. The van der Waals surface area contributed by atoms with Crippen LogP contribution < -0.4 is 9.47 Å². The summed E-state index contributed by atoms with van der Waals surface area (Å²) in [4.78, 5) is 0. The zero-order chi connectivity index (χ0) is 15.6. The van der Waals surface area contributed by atoms with Gasteiger partial charge in [-0.05, 0) is 54.7 Å². The van der Waals surface area contributed by atoms with Crippen molar-refractivity contribution in [2.75, 3.05) is 14.2 Å². The molecule has 0 radical (unpaired) electrons. The van der Waals surface area contributed by atoms with Gasteiger partial charge in [0.05, 0.1) is 19.6 Å². The van der Waals surface area contributed by atoms with Crippen LogP contribution in [0.3, 0.4) is 0 Å². The van der Waals surface area contributed by atoms with Gasteiger partial charge in [0, 0.05) is 0 Å². The standard InChI is InChI=1S/C18H21ClO2/c1-11-6-7-14(10-16(11)20-4)17(19)15-8-12(2)18(21-5)13(3)9-15/h6-10,17H,1-5H3. The van der Waals surface area contributed by atoms with E-state index in [2.05, 4.69) is 12.1 Å². The Bertz CT molecular complexity index is 627. The molecule has 0 aromatic heterocycles. The summed E-state index contributed by atoms with van der Waals surface area (Å²) in [7, 11) is 3.37. The molecule has 21 heavy (non-hydrogen) atoms. The average Bonchev–Trinajstić information content (AvgIpc) is 2.46. The molecule has 0 aliphatic rings. The molecule has 0 fully saturated rings. The van der Waals surface area contributed by atoms with Crippen molar-refractivity contribution in [3.05, 3.63) is 58.1 Å². The zero-order valence-corrected chi connectivity index (χ0v) is 13.9. The third-order valence-electron chi connectivity index (χ3n) is 3.70. The molecule has 2 aromatic carbocycles. The molecule has 0 heterocycles. The molecule has 0 spiro atoms. The molecular formula is C18H21ClO2. The van der Waals surface area contributed by atoms with E-state index in [-0.39, 0.29) is 5.38 Å². The van der Waals surface area contributed by atoms with Crippen LogP contribution in [-0.2, 0) is 0 Å². The van der Waals surface area contributed by atoms with Crippen molar-refractivity contribution in [1.29, 1.82) is 0 Å². The van der Waals surface area contributed by atoms with Crippen LogP contribution >= 0.6 is 11.6 Å². The number of hydrogen-bond donors (Lipinski definition) is 0. The summed E-state index contributed by atoms with van der Waals surface area (Å²) < 4.78 is 10.8. The van der Waals surface area contributed by atoms with Crippen LogP contribution in [0.25, 0.3) is 0 Å². The molecule has 0 aliphatic carbocycles. The van der Waals surface area contributed by atoms with Gasteiger partial charge in [-0.15, -0.1) is 11.6 Å². The van der Waals surface area contributed by atoms with Crippen LogP contribution in [0.15, 0.2) is 30.3 Å². The molecule has 1 unspecified atom stereocenters. The topological polar surface area (TPSA) is 18.5 Å². The van der Waals surface area contributed by atoms with Gasteiger partial charge in [-0.3, -0.25) is 0 Å². The first kappa shape index (κ1) is 15.7. The van der Waals surface area contributed by atoms with Crippen molar-refractivity contribution < 1.29 is 9.47 Å². The van der Waals surface area contributed by atoms with Crippen LogP contribution in [0.1, 0.15) is 33.2 Å². The second-order valence-electron chi connectivity index (χ2n) is 5.28. The molecule has 0 bridgehead atoms. The monoisotopic (exact) mass is 304 g/mol. The van der Waals surface area contributed by atoms with E-state index in [1.54, 1.807) is 14.2 Å². The van der Waals surface area contributed by atoms with Gasteiger partial charge in [0.2, 0.25) is 0 Å². The Hall–Kier alpha value is -1.67. The first-order valence-electron chi connectivity index (χ1n) is 6.91. The smallest absolute Gasteiger partial charge is 0.124 e. The molecule has 2 rings (SSSR count). The molecule has 2 nitrogen and oxygen atoms in total. The van der Waals surface area contributed by atoms with Gasteiger partial charge < -0.3 is 9.47 Å². The maximum Gasteiger partial charge on any atom is 0.124 e. The lowest BCUT2D eigenvalue weighted by Crippen LogP contribution is -1.99. The molecule has 0 saturated heterocycles. The van der Waals surface area contributed by atoms with Crippen LogP contribution in [0.2, 0.25) is 0 Å². The minimum absolute atomic E-state index is 0.206. The maximum atomic E-state index is 6.66. The van der Waals surface area contributed by atoms with Crippen LogP contribution in [-0.4, -0.2) is 14.2 Å². The Morgan fingerprint density at radius 1 is 0.810 bits per heavy atom. The van der Waals surface area contributed by atoms with Gasteiger partial charge in [-0.2, -0.15) is 0 Å². The molecule has 1 atom stereocenters. The summed E-state index contributed by atoms with van der Waals surface area (Å²) in [5, 5.41) is -0.206. The lowest BCUT2D eigenvalue weighted by molar-refractivity contribution is 0.408. The molecule has 3 heteroatoms. The summed E-state index contributed by atoms with van der Waals surface area (Å²) in [5.41, 5.74) is 5.39. The second kappa shape index (κ2) is 6.40. The van der Waals surface area contributed by atoms with Gasteiger partial charge >= 0.3 is 0 Å². The van der Waals surface area contributed by atoms with Crippen LogP contribution in [0.4, 0.5) is 0 Å². The average molecular weight is 305 g/mol. The first-order chi connectivity index (χ1) is 9.97. The van der Waals surface area contributed by atoms with Crippen molar-refractivity contribution in [2.24, 2.45) is 0 Å². The Kier molecular flexibility index (Phi) is 4.79. The number of methoxy groups -OCH3 is 2. The molecule has 0 saturated carbocycles. The van der Waals surface area contributed by atoms with E-state index >= 15 is 0 Å². The summed E-state index contributed by atoms with van der Waals surface area (Å²) in [6.07, 6.45) is 0. The van der Waals surface area contributed by atoms with Crippen molar-refractivity contribution in [3.63, 3.8) is 0 Å². The van der Waals surface area contributed by atoms with Crippen molar-refractivity contribution in [3.8, 4) is 11.5 Å². The molecule has 0 amide bonds. The van der Waals surface area contributed by atoms with Crippen molar-refractivity contribution in [1.82, 2.24) is 0 Å². The number of ether oxygens (including phenoxy) is 2. The maximum absolute atomic E-state index is 6.66. The largest absolute Gasteiger partial charge is 0.496 e. The number of hydrogen-bond acceptors (Lipinski definition) is 2. The quantitative estimate of drug-likeness (QED) is 0.743. The molecule has 112 valence electrons. The number of benzene rings is 2. The van der Waals surface area contributed by atoms with Gasteiger partial charge in [0.25, 0.3) is 0 Å². The van der Waals surface area contributed by atoms with E-state index in [0.717, 1.165) is 39.3 Å². The van der Waals surface area contributed by atoms with E-state index in [1.807, 2.05) is 39.0 Å². The van der Waals surface area contributed by atoms with Gasteiger partial charge in [0.1, 0.15) is 11.5 Å². The van der Waals surface area contributed by atoms with Crippen molar-refractivity contribution >= 4 is 11.6 Å². The fraction of sp³-hybridized carbons (Fsp3) is 0.333. The van der Waals surface area contributed by atoms with E-state index < -0.39 is 0 Å². The van der Waals surface area contributed by atoms with E-state index in [0.29, 0.717) is 0 Å². The molecule has 2 aromatic rings. The lowest BCUT2D eigenvalue weighted by Gasteiger charge is -2.16. The number of halogens is 1. The van der Waals surface area contributed by atoms with Crippen LogP contribution in [0.5, 0.6) is 11.5 Å². The number of aryl methyl sites for hydroxylation is 3. The Morgan fingerprint density at radius 3 is 1.95 bits per heavy atom. The highest BCUT2D eigenvalue weighted by atomic mass is 35.5. The summed E-state index contributed by atoms with van der Waals surface area (Å²) in [6, 6.07) is 10.2. The predicted octanol–water partition coefficient (Wildman–Crippen LogP) is 4.96. The van der Waals surface area contributed by atoms with E-state index in [9.17, 15) is 0 Å². The second-order valence-corrected chi connectivity index (χ2v) is 5.72. The zero-order valence-electron chi connectivity index (χ0n) is 13.2. The van der Waals surface area contributed by atoms with Gasteiger partial charge in [0.15, 0.2) is 0 Å². The predicted molar refractivity (Wildman–Crippen MR) is 87.9 cm³/mol.